The van der Waals surface area contributed by atoms with E-state index in [1.807, 2.05) is 0 Å². The third-order valence-electron chi connectivity index (χ3n) is 13.1. The van der Waals surface area contributed by atoms with E-state index in [2.05, 4.69) is 25.6 Å². The molecule has 0 aromatic rings. The highest BCUT2D eigenvalue weighted by molar-refractivity contribution is 7.99. The maximum atomic E-state index is 6.28. The van der Waals surface area contributed by atoms with Gasteiger partial charge in [0.1, 0.15) is 0 Å². The third-order valence-corrected chi connectivity index (χ3v) is 14.2. The molecule has 0 aromatic heterocycles. The highest BCUT2D eigenvalue weighted by Gasteiger charge is 2.25. The van der Waals surface area contributed by atoms with Crippen LogP contribution >= 0.6 is 11.8 Å². The Labute approximate surface area is 339 Å². The SMILES string of the molecule is CCCCCCCCCC(CCCCCCCCCCSCCCCCCCCCCC(CCCCCCCCC)C1CCCCO1)C1CCCCO1. The molecule has 2 aliphatic heterocycles. The molecule has 2 aliphatic rings. The predicted molar refractivity (Wildman–Crippen MR) is 240 cm³/mol. The van der Waals surface area contributed by atoms with Crippen molar-refractivity contribution < 1.29 is 9.47 Å². The lowest BCUT2D eigenvalue weighted by Gasteiger charge is -2.31. The van der Waals surface area contributed by atoms with Gasteiger partial charge in [-0.15, -0.1) is 0 Å². The van der Waals surface area contributed by atoms with Crippen molar-refractivity contribution in [1.82, 2.24) is 0 Å². The first-order chi connectivity index (χ1) is 26.3. The van der Waals surface area contributed by atoms with E-state index >= 15 is 0 Å². The molecule has 0 bridgehead atoms. The molecule has 2 heterocycles. The van der Waals surface area contributed by atoms with Crippen LogP contribution in [0.4, 0.5) is 0 Å². The van der Waals surface area contributed by atoms with Gasteiger partial charge in [-0.3, -0.25) is 0 Å². The van der Waals surface area contributed by atoms with Crippen LogP contribution in [0.1, 0.15) is 271 Å². The molecule has 2 fully saturated rings. The Bertz CT molecular complexity index is 644. The van der Waals surface area contributed by atoms with Crippen molar-refractivity contribution in [2.75, 3.05) is 24.7 Å². The minimum atomic E-state index is 0.580. The zero-order valence-corrected chi connectivity index (χ0v) is 37.5. The Morgan fingerprint density at radius 2 is 0.642 bits per heavy atom. The second kappa shape index (κ2) is 39.1. The molecule has 0 saturated carbocycles. The lowest BCUT2D eigenvalue weighted by atomic mass is 9.86. The second-order valence-corrected chi connectivity index (χ2v) is 19.2. The maximum Gasteiger partial charge on any atom is 0.0603 e. The van der Waals surface area contributed by atoms with Crippen LogP contribution in [0.25, 0.3) is 0 Å². The van der Waals surface area contributed by atoms with Crippen LogP contribution < -0.4 is 0 Å². The molecule has 0 spiro atoms. The number of unbranched alkanes of at least 4 members (excludes halogenated alkanes) is 26. The zero-order chi connectivity index (χ0) is 37.5. The summed E-state index contributed by atoms with van der Waals surface area (Å²) in [5, 5.41) is 0. The molecular weight excluding hydrogens is 665 g/mol. The largest absolute Gasteiger partial charge is 0.378 e. The van der Waals surface area contributed by atoms with E-state index in [9.17, 15) is 0 Å². The van der Waals surface area contributed by atoms with Gasteiger partial charge in [0, 0.05) is 13.2 Å². The Balaban J connectivity index is 1.33. The molecule has 3 heteroatoms. The Kier molecular flexibility index (Phi) is 36.5. The lowest BCUT2D eigenvalue weighted by molar-refractivity contribution is -0.0267. The van der Waals surface area contributed by atoms with Crippen LogP contribution in [-0.2, 0) is 9.47 Å². The number of rotatable bonds is 40. The summed E-state index contributed by atoms with van der Waals surface area (Å²) in [7, 11) is 0. The first-order valence-electron chi connectivity index (χ1n) is 25.2. The monoisotopic (exact) mass is 763 g/mol. The smallest absolute Gasteiger partial charge is 0.0603 e. The van der Waals surface area contributed by atoms with E-state index in [4.69, 9.17) is 9.47 Å². The molecule has 0 radical (unpaired) electrons. The Morgan fingerprint density at radius 1 is 0.358 bits per heavy atom. The summed E-state index contributed by atoms with van der Waals surface area (Å²) in [6.07, 6.45) is 58.2. The van der Waals surface area contributed by atoms with Crippen LogP contribution in [0.2, 0.25) is 0 Å². The Morgan fingerprint density at radius 3 is 0.925 bits per heavy atom. The molecule has 2 saturated heterocycles. The van der Waals surface area contributed by atoms with Gasteiger partial charge in [0.25, 0.3) is 0 Å². The topological polar surface area (TPSA) is 18.5 Å². The number of thioether (sulfide) groups is 1. The fraction of sp³-hybridized carbons (Fsp3) is 1.00. The van der Waals surface area contributed by atoms with Crippen LogP contribution in [-0.4, -0.2) is 36.9 Å². The zero-order valence-electron chi connectivity index (χ0n) is 36.6. The van der Waals surface area contributed by atoms with E-state index in [1.54, 1.807) is 0 Å². The van der Waals surface area contributed by atoms with E-state index in [-0.39, 0.29) is 0 Å². The van der Waals surface area contributed by atoms with Gasteiger partial charge in [-0.25, -0.2) is 0 Å². The van der Waals surface area contributed by atoms with Crippen molar-refractivity contribution in [2.24, 2.45) is 11.8 Å². The number of ether oxygens (including phenoxy) is 2. The average molecular weight is 763 g/mol. The summed E-state index contributed by atoms with van der Waals surface area (Å²) in [6.45, 7) is 6.68. The molecule has 0 aliphatic carbocycles. The van der Waals surface area contributed by atoms with E-state index in [0.29, 0.717) is 12.2 Å². The fourth-order valence-electron chi connectivity index (χ4n) is 9.48. The van der Waals surface area contributed by atoms with Gasteiger partial charge in [-0.2, -0.15) is 11.8 Å². The third kappa shape index (κ3) is 30.1. The lowest BCUT2D eigenvalue weighted by Crippen LogP contribution is -2.28. The molecule has 0 amide bonds. The van der Waals surface area contributed by atoms with Gasteiger partial charge in [0.15, 0.2) is 0 Å². The Hall–Kier alpha value is 0.270. The van der Waals surface area contributed by atoms with E-state index < -0.39 is 0 Å². The summed E-state index contributed by atoms with van der Waals surface area (Å²) in [4.78, 5) is 0. The van der Waals surface area contributed by atoms with Crippen molar-refractivity contribution in [1.29, 1.82) is 0 Å². The highest BCUT2D eigenvalue weighted by Crippen LogP contribution is 2.31. The first-order valence-corrected chi connectivity index (χ1v) is 26.3. The van der Waals surface area contributed by atoms with Crippen molar-refractivity contribution in [3.8, 4) is 0 Å². The summed E-state index contributed by atoms with van der Waals surface area (Å²) in [6, 6.07) is 0. The maximum absolute atomic E-state index is 6.28. The molecule has 316 valence electrons. The number of hydrogen-bond acceptors (Lipinski definition) is 3. The van der Waals surface area contributed by atoms with Gasteiger partial charge in [-0.05, 0) is 100 Å². The summed E-state index contributed by atoms with van der Waals surface area (Å²) in [5.74, 6) is 4.48. The minimum absolute atomic E-state index is 0.580. The normalized spacial score (nSPS) is 19.1. The summed E-state index contributed by atoms with van der Waals surface area (Å²) < 4.78 is 12.6. The predicted octanol–water partition coefficient (Wildman–Crippen LogP) is 17.4. The van der Waals surface area contributed by atoms with E-state index in [0.717, 1.165) is 25.0 Å². The molecule has 2 nitrogen and oxygen atoms in total. The van der Waals surface area contributed by atoms with Gasteiger partial charge in [-0.1, -0.05) is 194 Å². The van der Waals surface area contributed by atoms with Crippen molar-refractivity contribution in [2.45, 2.75) is 283 Å². The highest BCUT2D eigenvalue weighted by atomic mass is 32.2. The van der Waals surface area contributed by atoms with Crippen molar-refractivity contribution in [3.63, 3.8) is 0 Å². The molecule has 0 aromatic carbocycles. The van der Waals surface area contributed by atoms with Crippen LogP contribution in [0, 0.1) is 11.8 Å². The van der Waals surface area contributed by atoms with Gasteiger partial charge >= 0.3 is 0 Å². The fourth-order valence-corrected chi connectivity index (χ4v) is 10.5. The van der Waals surface area contributed by atoms with Crippen molar-refractivity contribution >= 4 is 11.8 Å². The van der Waals surface area contributed by atoms with Crippen LogP contribution in [0.3, 0.4) is 0 Å². The van der Waals surface area contributed by atoms with Gasteiger partial charge in [0.05, 0.1) is 12.2 Å². The quantitative estimate of drug-likeness (QED) is 0.0579. The van der Waals surface area contributed by atoms with Crippen LogP contribution in [0.15, 0.2) is 0 Å². The standard InChI is InChI=1S/C50H98O2S/c1-3-5-7-9-15-21-27-37-47(49-41-31-33-43-51-49)39-29-23-17-11-13-19-25-35-45-53-46-36-26-20-14-12-18-24-30-40-48(50-42-32-34-44-52-50)38-28-22-16-10-8-6-4-2/h47-50H,3-46H2,1-2H3. The van der Waals surface area contributed by atoms with Gasteiger partial charge < -0.3 is 9.47 Å². The molecule has 0 N–H and O–H groups in total. The molecular formula is C50H98O2S. The minimum Gasteiger partial charge on any atom is -0.378 e. The molecule has 4 unspecified atom stereocenters. The molecule has 53 heavy (non-hydrogen) atoms. The first kappa shape index (κ1) is 49.4. The molecule has 4 atom stereocenters. The van der Waals surface area contributed by atoms with Crippen molar-refractivity contribution in [3.05, 3.63) is 0 Å². The molecule has 2 rings (SSSR count). The van der Waals surface area contributed by atoms with E-state index in [1.165, 1.54) is 268 Å². The summed E-state index contributed by atoms with van der Waals surface area (Å²) >= 11 is 2.23. The van der Waals surface area contributed by atoms with Gasteiger partial charge in [0.2, 0.25) is 0 Å². The number of hydrogen-bond donors (Lipinski definition) is 0. The summed E-state index contributed by atoms with van der Waals surface area (Å²) in [5.41, 5.74) is 0. The van der Waals surface area contributed by atoms with Crippen LogP contribution in [0.5, 0.6) is 0 Å². The average Bonchev–Trinajstić information content (AvgIpc) is 3.19. The second-order valence-electron chi connectivity index (χ2n) is 18.0.